The molecule has 0 saturated heterocycles. The number of rotatable bonds is 4. The Balaban J connectivity index is 1.79. The minimum atomic E-state index is -0.230. The van der Waals surface area contributed by atoms with E-state index in [4.69, 9.17) is 0 Å². The summed E-state index contributed by atoms with van der Waals surface area (Å²) < 4.78 is 12.8. The third kappa shape index (κ3) is 2.31. The van der Waals surface area contributed by atoms with Gasteiger partial charge >= 0.3 is 0 Å². The van der Waals surface area contributed by atoms with Crippen LogP contribution in [0.25, 0.3) is 11.3 Å². The Bertz CT molecular complexity index is 545. The van der Waals surface area contributed by atoms with Crippen molar-refractivity contribution in [2.75, 3.05) is 6.61 Å². The molecule has 1 aliphatic carbocycles. The van der Waals surface area contributed by atoms with Crippen molar-refractivity contribution in [3.8, 4) is 11.3 Å². The number of aliphatic hydroxyl groups excluding tert-OH is 1. The predicted octanol–water partition coefficient (Wildman–Crippen LogP) is 3.26. The summed E-state index contributed by atoms with van der Waals surface area (Å²) >= 11 is 1.61. The summed E-state index contributed by atoms with van der Waals surface area (Å²) in [4.78, 5) is 4.57. The quantitative estimate of drug-likeness (QED) is 0.918. The number of aliphatic hydroxyl groups is 1. The second-order valence-electron chi connectivity index (χ2n) is 4.97. The SMILES string of the molecule is OCC1(Cc2nc(-c3ccc(F)cc3)cs2)CC1. The maximum Gasteiger partial charge on any atom is 0.123 e. The van der Waals surface area contributed by atoms with Crippen LogP contribution in [0.3, 0.4) is 0 Å². The van der Waals surface area contributed by atoms with E-state index in [1.165, 1.54) is 12.1 Å². The molecule has 0 amide bonds. The van der Waals surface area contributed by atoms with Crippen molar-refractivity contribution in [2.45, 2.75) is 19.3 Å². The topological polar surface area (TPSA) is 33.1 Å². The lowest BCUT2D eigenvalue weighted by Gasteiger charge is -2.07. The highest BCUT2D eigenvalue weighted by Gasteiger charge is 2.42. The van der Waals surface area contributed by atoms with Crippen LogP contribution in [0, 0.1) is 11.2 Å². The van der Waals surface area contributed by atoms with Crippen molar-refractivity contribution in [2.24, 2.45) is 5.41 Å². The van der Waals surface area contributed by atoms with E-state index in [0.717, 1.165) is 35.5 Å². The second-order valence-corrected chi connectivity index (χ2v) is 5.91. The van der Waals surface area contributed by atoms with Crippen LogP contribution in [0.5, 0.6) is 0 Å². The van der Waals surface area contributed by atoms with Crippen molar-refractivity contribution in [3.05, 3.63) is 40.5 Å². The van der Waals surface area contributed by atoms with Gasteiger partial charge in [0, 0.05) is 24.0 Å². The van der Waals surface area contributed by atoms with Gasteiger partial charge < -0.3 is 5.11 Å². The lowest BCUT2D eigenvalue weighted by molar-refractivity contribution is 0.211. The summed E-state index contributed by atoms with van der Waals surface area (Å²) in [5.41, 5.74) is 1.93. The molecule has 94 valence electrons. The van der Waals surface area contributed by atoms with E-state index in [0.29, 0.717) is 0 Å². The maximum absolute atomic E-state index is 12.8. The van der Waals surface area contributed by atoms with Crippen LogP contribution in [-0.4, -0.2) is 16.7 Å². The Morgan fingerprint density at radius 3 is 2.61 bits per heavy atom. The average Bonchev–Trinajstić information content (AvgIpc) is 3.00. The van der Waals surface area contributed by atoms with E-state index in [1.54, 1.807) is 23.5 Å². The molecule has 1 aliphatic rings. The highest BCUT2D eigenvalue weighted by Crippen LogP contribution is 2.48. The zero-order chi connectivity index (χ0) is 12.6. The van der Waals surface area contributed by atoms with Gasteiger partial charge in [-0.05, 0) is 42.5 Å². The van der Waals surface area contributed by atoms with Crippen LogP contribution < -0.4 is 0 Å². The molecule has 18 heavy (non-hydrogen) atoms. The van der Waals surface area contributed by atoms with E-state index in [1.807, 2.05) is 5.38 Å². The van der Waals surface area contributed by atoms with Gasteiger partial charge in [-0.3, -0.25) is 0 Å². The van der Waals surface area contributed by atoms with Gasteiger partial charge in [0.1, 0.15) is 5.82 Å². The van der Waals surface area contributed by atoms with Gasteiger partial charge in [0.15, 0.2) is 0 Å². The summed E-state index contributed by atoms with van der Waals surface area (Å²) in [6, 6.07) is 6.38. The molecule has 0 aliphatic heterocycles. The molecule has 1 fully saturated rings. The highest BCUT2D eigenvalue weighted by atomic mass is 32.1. The van der Waals surface area contributed by atoms with Crippen molar-refractivity contribution in [3.63, 3.8) is 0 Å². The van der Waals surface area contributed by atoms with E-state index in [-0.39, 0.29) is 17.8 Å². The van der Waals surface area contributed by atoms with Gasteiger partial charge in [0.25, 0.3) is 0 Å². The van der Waals surface area contributed by atoms with Crippen molar-refractivity contribution in [1.29, 1.82) is 0 Å². The lowest BCUT2D eigenvalue weighted by atomic mass is 10.1. The second kappa shape index (κ2) is 4.44. The normalized spacial score (nSPS) is 16.8. The van der Waals surface area contributed by atoms with Gasteiger partial charge in [0.2, 0.25) is 0 Å². The largest absolute Gasteiger partial charge is 0.396 e. The standard InChI is InChI=1S/C14H14FNOS/c15-11-3-1-10(2-4-11)12-8-18-13(16-12)7-14(9-17)5-6-14/h1-4,8,17H,5-7,9H2. The minimum Gasteiger partial charge on any atom is -0.396 e. The third-order valence-electron chi connectivity index (χ3n) is 3.51. The monoisotopic (exact) mass is 263 g/mol. The molecular weight excluding hydrogens is 249 g/mol. The number of hydrogen-bond donors (Lipinski definition) is 1. The Hall–Kier alpha value is -1.26. The van der Waals surface area contributed by atoms with E-state index >= 15 is 0 Å². The zero-order valence-corrected chi connectivity index (χ0v) is 10.7. The zero-order valence-electron chi connectivity index (χ0n) is 9.90. The smallest absolute Gasteiger partial charge is 0.123 e. The first-order valence-electron chi connectivity index (χ1n) is 6.02. The molecule has 1 heterocycles. The van der Waals surface area contributed by atoms with E-state index in [2.05, 4.69) is 4.98 Å². The number of hydrogen-bond acceptors (Lipinski definition) is 3. The summed E-state index contributed by atoms with van der Waals surface area (Å²) in [5.74, 6) is -0.230. The van der Waals surface area contributed by atoms with Gasteiger partial charge in [-0.1, -0.05) is 0 Å². The van der Waals surface area contributed by atoms with Crippen LogP contribution in [0.2, 0.25) is 0 Å². The molecule has 4 heteroatoms. The summed E-state index contributed by atoms with van der Waals surface area (Å²) in [6.07, 6.45) is 3.04. The first-order chi connectivity index (χ1) is 8.71. The lowest BCUT2D eigenvalue weighted by Crippen LogP contribution is -2.09. The molecular formula is C14H14FNOS. The maximum atomic E-state index is 12.8. The molecule has 1 aromatic carbocycles. The van der Waals surface area contributed by atoms with Crippen molar-refractivity contribution in [1.82, 2.24) is 4.98 Å². The highest BCUT2D eigenvalue weighted by molar-refractivity contribution is 7.09. The van der Waals surface area contributed by atoms with E-state index in [9.17, 15) is 9.50 Å². The van der Waals surface area contributed by atoms with Gasteiger partial charge in [0.05, 0.1) is 10.7 Å². The summed E-state index contributed by atoms with van der Waals surface area (Å²) in [5, 5.41) is 12.4. The molecule has 3 rings (SSSR count). The third-order valence-corrected chi connectivity index (χ3v) is 4.36. The number of nitrogens with zero attached hydrogens (tertiary/aromatic N) is 1. The van der Waals surface area contributed by atoms with Crippen LogP contribution in [0.15, 0.2) is 29.6 Å². The van der Waals surface area contributed by atoms with Crippen LogP contribution in [-0.2, 0) is 6.42 Å². The van der Waals surface area contributed by atoms with Crippen molar-refractivity contribution < 1.29 is 9.50 Å². The molecule has 0 bridgehead atoms. The Morgan fingerprint density at radius 1 is 1.28 bits per heavy atom. The van der Waals surface area contributed by atoms with Crippen LogP contribution in [0.4, 0.5) is 4.39 Å². The molecule has 1 aromatic heterocycles. The van der Waals surface area contributed by atoms with Crippen LogP contribution >= 0.6 is 11.3 Å². The number of halogens is 1. The van der Waals surface area contributed by atoms with Gasteiger partial charge in [-0.25, -0.2) is 9.37 Å². The Morgan fingerprint density at radius 2 is 2.00 bits per heavy atom. The molecule has 0 radical (unpaired) electrons. The molecule has 0 unspecified atom stereocenters. The van der Waals surface area contributed by atoms with Crippen LogP contribution in [0.1, 0.15) is 17.8 Å². The minimum absolute atomic E-state index is 0.0952. The van der Waals surface area contributed by atoms with E-state index < -0.39 is 0 Å². The summed E-state index contributed by atoms with van der Waals surface area (Å²) in [6.45, 7) is 0.248. The first-order valence-corrected chi connectivity index (χ1v) is 6.90. The fourth-order valence-corrected chi connectivity index (χ4v) is 3.01. The van der Waals surface area contributed by atoms with Gasteiger partial charge in [-0.2, -0.15) is 0 Å². The average molecular weight is 263 g/mol. The predicted molar refractivity (Wildman–Crippen MR) is 70.0 cm³/mol. The molecule has 0 atom stereocenters. The number of aromatic nitrogens is 1. The molecule has 0 spiro atoms. The molecule has 2 nitrogen and oxygen atoms in total. The molecule has 1 N–H and O–H groups in total. The Labute approximate surface area is 109 Å². The molecule has 2 aromatic rings. The fraction of sp³-hybridized carbons (Fsp3) is 0.357. The number of benzene rings is 1. The number of thiazole rings is 1. The Kier molecular flexibility index (Phi) is 2.92. The first kappa shape index (κ1) is 11.8. The van der Waals surface area contributed by atoms with Crippen molar-refractivity contribution >= 4 is 11.3 Å². The van der Waals surface area contributed by atoms with Gasteiger partial charge in [-0.15, -0.1) is 11.3 Å². The summed E-state index contributed by atoms with van der Waals surface area (Å²) in [7, 11) is 0. The molecule has 1 saturated carbocycles. The fourth-order valence-electron chi connectivity index (χ4n) is 2.03.